The molecule has 0 amide bonds. The molecule has 1 aromatic heterocycles. The lowest BCUT2D eigenvalue weighted by Crippen LogP contribution is -2.20. The van der Waals surface area contributed by atoms with Crippen LogP contribution in [0.4, 0.5) is 5.69 Å². The fourth-order valence-corrected chi connectivity index (χ4v) is 2.58. The summed E-state index contributed by atoms with van der Waals surface area (Å²) in [5.41, 5.74) is 8.42. The maximum atomic E-state index is 12.5. The molecule has 0 aliphatic carbocycles. The van der Waals surface area contributed by atoms with E-state index in [2.05, 4.69) is 0 Å². The van der Waals surface area contributed by atoms with Crippen LogP contribution in [-0.2, 0) is 7.05 Å². The van der Waals surface area contributed by atoms with Gasteiger partial charge in [-0.2, -0.15) is 0 Å². The van der Waals surface area contributed by atoms with E-state index in [0.29, 0.717) is 5.69 Å². The first-order valence-corrected chi connectivity index (χ1v) is 6.91. The normalized spacial score (nSPS) is 10.6. The third-order valence-electron chi connectivity index (χ3n) is 3.67. The fourth-order valence-electron chi connectivity index (χ4n) is 2.58. The van der Waals surface area contributed by atoms with Crippen LogP contribution in [0.1, 0.15) is 0 Å². The Labute approximate surface area is 128 Å². The minimum Gasteiger partial charge on any atom is -0.497 e. The number of rotatable bonds is 3. The van der Waals surface area contributed by atoms with Gasteiger partial charge >= 0.3 is 0 Å². The maximum Gasteiger partial charge on any atom is 0.295 e. The summed E-state index contributed by atoms with van der Waals surface area (Å²) in [6, 6.07) is 16.9. The molecule has 2 aromatic carbocycles. The molecule has 3 rings (SSSR count). The van der Waals surface area contributed by atoms with Crippen molar-refractivity contribution in [3.63, 3.8) is 0 Å². The number of aromatic nitrogens is 2. The SMILES string of the molecule is COc1ccc(-n2c(=O)c(N)c(-c3ccccc3)n2C)cc1. The number of nitrogens with zero attached hydrogens (tertiary/aromatic N) is 2. The predicted molar refractivity (Wildman–Crippen MR) is 87.4 cm³/mol. The van der Waals surface area contributed by atoms with Crippen LogP contribution >= 0.6 is 0 Å². The summed E-state index contributed by atoms with van der Waals surface area (Å²) >= 11 is 0. The molecule has 0 aliphatic heterocycles. The van der Waals surface area contributed by atoms with Gasteiger partial charge in [0.15, 0.2) is 0 Å². The third-order valence-corrected chi connectivity index (χ3v) is 3.67. The standard InChI is InChI=1S/C17H17N3O2/c1-19-16(12-6-4-3-5-7-12)15(18)17(21)20(19)13-8-10-14(22-2)11-9-13/h3-11H,18H2,1-2H3. The Hall–Kier alpha value is -2.95. The summed E-state index contributed by atoms with van der Waals surface area (Å²) < 4.78 is 8.47. The van der Waals surface area contributed by atoms with Gasteiger partial charge in [0.1, 0.15) is 11.4 Å². The van der Waals surface area contributed by atoms with E-state index in [1.165, 1.54) is 0 Å². The van der Waals surface area contributed by atoms with Gasteiger partial charge in [-0.1, -0.05) is 30.3 Å². The van der Waals surface area contributed by atoms with Crippen molar-refractivity contribution in [3.8, 4) is 22.7 Å². The molecule has 0 unspecified atom stereocenters. The van der Waals surface area contributed by atoms with Crippen LogP contribution in [0.5, 0.6) is 5.75 Å². The number of methoxy groups -OCH3 is 1. The van der Waals surface area contributed by atoms with Crippen molar-refractivity contribution in [3.05, 3.63) is 65.0 Å². The van der Waals surface area contributed by atoms with Gasteiger partial charge in [0.05, 0.1) is 18.5 Å². The molecular weight excluding hydrogens is 278 g/mol. The second kappa shape index (κ2) is 5.44. The molecule has 112 valence electrons. The summed E-state index contributed by atoms with van der Waals surface area (Å²) in [6.07, 6.45) is 0. The molecular formula is C17H17N3O2. The number of hydrogen-bond acceptors (Lipinski definition) is 3. The van der Waals surface area contributed by atoms with E-state index in [4.69, 9.17) is 10.5 Å². The van der Waals surface area contributed by atoms with E-state index in [1.807, 2.05) is 61.6 Å². The van der Waals surface area contributed by atoms with E-state index in [1.54, 1.807) is 16.5 Å². The average Bonchev–Trinajstić information content (AvgIpc) is 2.78. The largest absolute Gasteiger partial charge is 0.497 e. The second-order valence-corrected chi connectivity index (χ2v) is 4.97. The van der Waals surface area contributed by atoms with Crippen LogP contribution in [-0.4, -0.2) is 16.5 Å². The Morgan fingerprint density at radius 2 is 1.64 bits per heavy atom. The number of ether oxygens (including phenoxy) is 1. The number of benzene rings is 2. The first-order valence-electron chi connectivity index (χ1n) is 6.91. The van der Waals surface area contributed by atoms with Crippen molar-refractivity contribution in [2.45, 2.75) is 0 Å². The quantitative estimate of drug-likeness (QED) is 0.807. The topological polar surface area (TPSA) is 62.2 Å². The Kier molecular flexibility index (Phi) is 3.47. The molecule has 2 N–H and O–H groups in total. The molecule has 0 aliphatic rings. The maximum absolute atomic E-state index is 12.5. The molecule has 0 saturated heterocycles. The van der Waals surface area contributed by atoms with Gasteiger partial charge in [-0.05, 0) is 24.3 Å². The molecule has 1 heterocycles. The number of hydrogen-bond donors (Lipinski definition) is 1. The molecule has 0 spiro atoms. The van der Waals surface area contributed by atoms with Crippen molar-refractivity contribution in [2.24, 2.45) is 7.05 Å². The molecule has 0 radical (unpaired) electrons. The molecule has 0 atom stereocenters. The lowest BCUT2D eigenvalue weighted by Gasteiger charge is -2.10. The summed E-state index contributed by atoms with van der Waals surface area (Å²) in [5.74, 6) is 0.738. The van der Waals surface area contributed by atoms with Gasteiger partial charge < -0.3 is 10.5 Å². The van der Waals surface area contributed by atoms with Gasteiger partial charge in [-0.15, -0.1) is 0 Å². The van der Waals surface area contributed by atoms with Gasteiger partial charge in [0.2, 0.25) is 0 Å². The van der Waals surface area contributed by atoms with Gasteiger partial charge in [0, 0.05) is 12.6 Å². The van der Waals surface area contributed by atoms with Gasteiger partial charge in [0.25, 0.3) is 5.56 Å². The van der Waals surface area contributed by atoms with Gasteiger partial charge in [-0.3, -0.25) is 9.48 Å². The van der Waals surface area contributed by atoms with Crippen molar-refractivity contribution < 1.29 is 4.74 Å². The number of nitrogen functional groups attached to an aromatic ring is 1. The molecule has 3 aromatic rings. The Bertz CT molecular complexity index is 846. The van der Waals surface area contributed by atoms with Crippen molar-refractivity contribution in [2.75, 3.05) is 12.8 Å². The van der Waals surface area contributed by atoms with E-state index >= 15 is 0 Å². The predicted octanol–water partition coefficient (Wildman–Crippen LogP) is 2.43. The number of anilines is 1. The highest BCUT2D eigenvalue weighted by molar-refractivity contribution is 5.73. The summed E-state index contributed by atoms with van der Waals surface area (Å²) in [5, 5.41) is 0. The van der Waals surface area contributed by atoms with Gasteiger partial charge in [-0.25, -0.2) is 4.68 Å². The monoisotopic (exact) mass is 295 g/mol. The molecule has 22 heavy (non-hydrogen) atoms. The second-order valence-electron chi connectivity index (χ2n) is 4.97. The highest BCUT2D eigenvalue weighted by Gasteiger charge is 2.17. The molecule has 0 bridgehead atoms. The van der Waals surface area contributed by atoms with Crippen molar-refractivity contribution in [1.29, 1.82) is 0 Å². The minimum atomic E-state index is -0.230. The molecule has 5 heteroatoms. The van der Waals surface area contributed by atoms with Crippen molar-refractivity contribution in [1.82, 2.24) is 9.36 Å². The van der Waals surface area contributed by atoms with E-state index in [-0.39, 0.29) is 11.2 Å². The Morgan fingerprint density at radius 1 is 1.00 bits per heavy atom. The highest BCUT2D eigenvalue weighted by atomic mass is 16.5. The summed E-state index contributed by atoms with van der Waals surface area (Å²) in [6.45, 7) is 0. The zero-order valence-electron chi connectivity index (χ0n) is 12.5. The fraction of sp³-hybridized carbons (Fsp3) is 0.118. The third kappa shape index (κ3) is 2.16. The smallest absolute Gasteiger partial charge is 0.295 e. The summed E-state index contributed by atoms with van der Waals surface area (Å²) in [4.78, 5) is 12.5. The Morgan fingerprint density at radius 3 is 2.23 bits per heavy atom. The van der Waals surface area contributed by atoms with E-state index < -0.39 is 0 Å². The zero-order chi connectivity index (χ0) is 15.7. The molecule has 5 nitrogen and oxygen atoms in total. The first kappa shape index (κ1) is 14.0. The van der Waals surface area contributed by atoms with E-state index in [0.717, 1.165) is 17.0 Å². The van der Waals surface area contributed by atoms with Crippen LogP contribution in [0.25, 0.3) is 16.9 Å². The van der Waals surface area contributed by atoms with Crippen LogP contribution in [0.2, 0.25) is 0 Å². The lowest BCUT2D eigenvalue weighted by atomic mass is 10.1. The molecule has 0 fully saturated rings. The average molecular weight is 295 g/mol. The van der Waals surface area contributed by atoms with Crippen LogP contribution in [0, 0.1) is 0 Å². The van der Waals surface area contributed by atoms with E-state index in [9.17, 15) is 4.79 Å². The van der Waals surface area contributed by atoms with Crippen LogP contribution in [0.3, 0.4) is 0 Å². The van der Waals surface area contributed by atoms with Crippen LogP contribution < -0.4 is 16.0 Å². The minimum absolute atomic E-state index is 0.230. The summed E-state index contributed by atoms with van der Waals surface area (Å²) in [7, 11) is 3.43. The Balaban J connectivity index is 2.19. The molecule has 0 saturated carbocycles. The highest BCUT2D eigenvalue weighted by Crippen LogP contribution is 2.25. The lowest BCUT2D eigenvalue weighted by molar-refractivity contribution is 0.414. The van der Waals surface area contributed by atoms with Crippen molar-refractivity contribution >= 4 is 5.69 Å². The first-order chi connectivity index (χ1) is 10.6. The number of nitrogens with two attached hydrogens (primary N) is 1. The zero-order valence-corrected chi connectivity index (χ0v) is 12.5. The van der Waals surface area contributed by atoms with Crippen LogP contribution in [0.15, 0.2) is 59.4 Å².